The molecule has 0 aliphatic heterocycles. The second kappa shape index (κ2) is 6.02. The highest BCUT2D eigenvalue weighted by atomic mass is 35.5. The highest BCUT2D eigenvalue weighted by Gasteiger charge is 2.23. The van der Waals surface area contributed by atoms with Gasteiger partial charge in [0.15, 0.2) is 0 Å². The Bertz CT molecular complexity index is 470. The Kier molecular flexibility index (Phi) is 5.22. The molecule has 0 heterocycles. The maximum absolute atomic E-state index is 12.0. The molecule has 0 aliphatic carbocycles. The Balaban J connectivity index is 3.06. The van der Waals surface area contributed by atoms with Crippen LogP contribution in [0.3, 0.4) is 0 Å². The number of rotatable bonds is 5. The molecule has 0 radical (unpaired) electrons. The van der Waals surface area contributed by atoms with Crippen LogP contribution in [0.4, 0.5) is 0 Å². The van der Waals surface area contributed by atoms with Crippen LogP contribution in [0, 0.1) is 0 Å². The number of benzene rings is 1. The van der Waals surface area contributed by atoms with Crippen LogP contribution >= 0.6 is 23.2 Å². The molecular weight excluding hydrogens is 285 g/mol. The molecule has 4 nitrogen and oxygen atoms in total. The SMILES string of the molecule is CC(CCO)NS(=O)(=O)c1c(Cl)cccc1Cl. The predicted octanol–water partition coefficient (Wildman–Crippen LogP) is 2.04. The van der Waals surface area contributed by atoms with Crippen LogP contribution in [0.1, 0.15) is 13.3 Å². The van der Waals surface area contributed by atoms with Crippen LogP contribution in [0.25, 0.3) is 0 Å². The molecule has 0 amide bonds. The molecule has 96 valence electrons. The standard InChI is InChI=1S/C10H13Cl2NO3S/c1-7(5-6-14)13-17(15,16)10-8(11)3-2-4-9(10)12/h2-4,7,13-14H,5-6H2,1H3. The largest absolute Gasteiger partial charge is 0.396 e. The Labute approximate surface area is 111 Å². The molecule has 1 aromatic rings. The van der Waals surface area contributed by atoms with E-state index >= 15 is 0 Å². The Hall–Kier alpha value is -0.330. The van der Waals surface area contributed by atoms with Crippen LogP contribution in [0.2, 0.25) is 10.0 Å². The number of aliphatic hydroxyl groups is 1. The normalized spacial score (nSPS) is 13.6. The first-order chi connectivity index (χ1) is 7.88. The fraction of sp³-hybridized carbons (Fsp3) is 0.400. The number of halogens is 2. The quantitative estimate of drug-likeness (QED) is 0.874. The maximum atomic E-state index is 12.0. The molecule has 0 aliphatic rings. The van der Waals surface area contributed by atoms with Crippen molar-refractivity contribution in [3.8, 4) is 0 Å². The minimum atomic E-state index is -3.77. The van der Waals surface area contributed by atoms with E-state index in [4.69, 9.17) is 28.3 Å². The zero-order chi connectivity index (χ0) is 13.1. The summed E-state index contributed by atoms with van der Waals surface area (Å²) in [6, 6.07) is 4.09. The fourth-order valence-corrected chi connectivity index (χ4v) is 3.74. The van der Waals surface area contributed by atoms with Crippen LogP contribution in [0.15, 0.2) is 23.1 Å². The number of nitrogens with one attached hydrogen (secondary N) is 1. The van der Waals surface area contributed by atoms with Gasteiger partial charge in [-0.25, -0.2) is 13.1 Å². The highest BCUT2D eigenvalue weighted by Crippen LogP contribution is 2.28. The molecule has 1 rings (SSSR count). The van der Waals surface area contributed by atoms with E-state index in [2.05, 4.69) is 4.72 Å². The van der Waals surface area contributed by atoms with Gasteiger partial charge in [-0.15, -0.1) is 0 Å². The zero-order valence-corrected chi connectivity index (χ0v) is 11.5. The lowest BCUT2D eigenvalue weighted by Crippen LogP contribution is -2.33. The first kappa shape index (κ1) is 14.7. The van der Waals surface area contributed by atoms with Crippen molar-refractivity contribution in [2.45, 2.75) is 24.3 Å². The first-order valence-corrected chi connectivity index (χ1v) is 7.19. The molecule has 0 aromatic heterocycles. The van der Waals surface area contributed by atoms with Gasteiger partial charge in [0, 0.05) is 12.6 Å². The fourth-order valence-electron chi connectivity index (χ4n) is 1.32. The molecule has 1 aromatic carbocycles. The summed E-state index contributed by atoms with van der Waals surface area (Å²) in [6.07, 6.45) is 0.321. The van der Waals surface area contributed by atoms with E-state index < -0.39 is 16.1 Å². The summed E-state index contributed by atoms with van der Waals surface area (Å²) in [5.74, 6) is 0. The summed E-state index contributed by atoms with van der Waals surface area (Å²) in [7, 11) is -3.77. The summed E-state index contributed by atoms with van der Waals surface area (Å²) < 4.78 is 26.4. The molecule has 0 bridgehead atoms. The summed E-state index contributed by atoms with van der Waals surface area (Å²) in [4.78, 5) is -0.131. The minimum Gasteiger partial charge on any atom is -0.396 e. The number of hydrogen-bond donors (Lipinski definition) is 2. The first-order valence-electron chi connectivity index (χ1n) is 4.95. The number of hydrogen-bond acceptors (Lipinski definition) is 3. The second-order valence-corrected chi connectivity index (χ2v) is 6.05. The van der Waals surface area contributed by atoms with E-state index in [1.54, 1.807) is 13.0 Å². The van der Waals surface area contributed by atoms with Gasteiger partial charge >= 0.3 is 0 Å². The van der Waals surface area contributed by atoms with E-state index in [9.17, 15) is 8.42 Å². The van der Waals surface area contributed by atoms with Gasteiger partial charge in [-0.2, -0.15) is 0 Å². The third-order valence-electron chi connectivity index (χ3n) is 2.11. The minimum absolute atomic E-state index is 0.0706. The highest BCUT2D eigenvalue weighted by molar-refractivity contribution is 7.89. The lowest BCUT2D eigenvalue weighted by atomic mass is 10.3. The van der Waals surface area contributed by atoms with Gasteiger partial charge in [-0.1, -0.05) is 29.3 Å². The van der Waals surface area contributed by atoms with Gasteiger partial charge in [0.2, 0.25) is 10.0 Å². The van der Waals surface area contributed by atoms with Crippen molar-refractivity contribution in [1.82, 2.24) is 4.72 Å². The molecule has 17 heavy (non-hydrogen) atoms. The smallest absolute Gasteiger partial charge is 0.243 e. The van der Waals surface area contributed by atoms with Crippen LogP contribution in [-0.2, 0) is 10.0 Å². The predicted molar refractivity (Wildman–Crippen MR) is 67.9 cm³/mol. The maximum Gasteiger partial charge on any atom is 0.243 e. The molecule has 2 N–H and O–H groups in total. The van der Waals surface area contributed by atoms with Gasteiger partial charge in [0.1, 0.15) is 4.90 Å². The van der Waals surface area contributed by atoms with Gasteiger partial charge in [-0.05, 0) is 25.5 Å². The van der Waals surface area contributed by atoms with Crippen molar-refractivity contribution < 1.29 is 13.5 Å². The molecule has 0 saturated carbocycles. The zero-order valence-electron chi connectivity index (χ0n) is 9.15. The summed E-state index contributed by atoms with van der Waals surface area (Å²) >= 11 is 11.6. The number of aliphatic hydroxyl groups excluding tert-OH is 1. The summed E-state index contributed by atoms with van der Waals surface area (Å²) in [5.41, 5.74) is 0. The van der Waals surface area contributed by atoms with Crippen LogP contribution in [-0.4, -0.2) is 26.2 Å². The number of sulfonamides is 1. The Morgan fingerprint density at radius 1 is 1.35 bits per heavy atom. The van der Waals surface area contributed by atoms with Crippen LogP contribution < -0.4 is 4.72 Å². The van der Waals surface area contributed by atoms with Gasteiger partial charge in [-0.3, -0.25) is 0 Å². The average Bonchev–Trinajstić information content (AvgIpc) is 2.15. The van der Waals surface area contributed by atoms with Gasteiger partial charge in [0.25, 0.3) is 0 Å². The molecule has 7 heteroatoms. The van der Waals surface area contributed by atoms with Crippen molar-refractivity contribution in [2.75, 3.05) is 6.61 Å². The molecular formula is C10H13Cl2NO3S. The third-order valence-corrected chi connectivity index (χ3v) is 4.65. The topological polar surface area (TPSA) is 66.4 Å². The van der Waals surface area contributed by atoms with Crippen molar-refractivity contribution >= 4 is 33.2 Å². The lowest BCUT2D eigenvalue weighted by Gasteiger charge is -2.14. The molecule has 0 saturated heterocycles. The van der Waals surface area contributed by atoms with Crippen LogP contribution in [0.5, 0.6) is 0 Å². The molecule has 1 unspecified atom stereocenters. The molecule has 0 fully saturated rings. The average molecular weight is 298 g/mol. The van der Waals surface area contributed by atoms with Crippen molar-refractivity contribution in [3.05, 3.63) is 28.2 Å². The van der Waals surface area contributed by atoms with E-state index in [0.717, 1.165) is 0 Å². The van der Waals surface area contributed by atoms with Crippen molar-refractivity contribution in [2.24, 2.45) is 0 Å². The van der Waals surface area contributed by atoms with Gasteiger partial charge < -0.3 is 5.11 Å². The van der Waals surface area contributed by atoms with E-state index in [1.807, 2.05) is 0 Å². The Morgan fingerprint density at radius 2 is 1.88 bits per heavy atom. The van der Waals surface area contributed by atoms with E-state index in [0.29, 0.717) is 6.42 Å². The van der Waals surface area contributed by atoms with Crippen molar-refractivity contribution in [3.63, 3.8) is 0 Å². The van der Waals surface area contributed by atoms with E-state index in [-0.39, 0.29) is 21.5 Å². The summed E-state index contributed by atoms with van der Waals surface area (Å²) in [6.45, 7) is 1.55. The Morgan fingerprint density at radius 3 is 2.35 bits per heavy atom. The van der Waals surface area contributed by atoms with Gasteiger partial charge in [0.05, 0.1) is 10.0 Å². The van der Waals surface area contributed by atoms with Crippen molar-refractivity contribution in [1.29, 1.82) is 0 Å². The second-order valence-electron chi connectivity index (χ2n) is 3.59. The van der Waals surface area contributed by atoms with E-state index in [1.165, 1.54) is 12.1 Å². The lowest BCUT2D eigenvalue weighted by molar-refractivity contribution is 0.275. The third kappa shape index (κ3) is 3.82. The summed E-state index contributed by atoms with van der Waals surface area (Å²) in [5, 5.41) is 8.87. The molecule has 1 atom stereocenters. The molecule has 0 spiro atoms. The monoisotopic (exact) mass is 297 g/mol.